The fourth-order valence-electron chi connectivity index (χ4n) is 5.05. The van der Waals surface area contributed by atoms with Gasteiger partial charge < -0.3 is 15.0 Å². The van der Waals surface area contributed by atoms with Crippen LogP contribution < -0.4 is 14.4 Å². The number of carbonyl (C=O) groups excluding carboxylic acids is 2. The first kappa shape index (κ1) is 29.5. The van der Waals surface area contributed by atoms with Gasteiger partial charge in [0.25, 0.3) is 0 Å². The number of nitrogens with zero attached hydrogens (tertiary/aromatic N) is 2. The molecule has 2 amide bonds. The maximum Gasteiger partial charge on any atom is 0.244 e. The van der Waals surface area contributed by atoms with E-state index in [1.54, 1.807) is 19.2 Å². The van der Waals surface area contributed by atoms with Crippen LogP contribution in [0.1, 0.15) is 69.9 Å². The van der Waals surface area contributed by atoms with E-state index < -0.39 is 28.5 Å². The topological polar surface area (TPSA) is 96.0 Å². The molecule has 1 N–H and O–H groups in total. The molecule has 1 saturated carbocycles. The van der Waals surface area contributed by atoms with Crippen LogP contribution >= 0.6 is 0 Å². The molecule has 1 atom stereocenters. The Morgan fingerprint density at radius 2 is 1.76 bits per heavy atom. The van der Waals surface area contributed by atoms with Gasteiger partial charge in [-0.15, -0.1) is 0 Å². The zero-order valence-corrected chi connectivity index (χ0v) is 24.0. The predicted octanol–water partition coefficient (Wildman–Crippen LogP) is 4.45. The number of methoxy groups -OCH3 is 1. The summed E-state index contributed by atoms with van der Waals surface area (Å²) < 4.78 is 32.4. The largest absolute Gasteiger partial charge is 0.497 e. The van der Waals surface area contributed by atoms with Crippen molar-refractivity contribution in [2.24, 2.45) is 0 Å². The van der Waals surface area contributed by atoms with Gasteiger partial charge in [0.1, 0.15) is 18.3 Å². The maximum absolute atomic E-state index is 14.0. The molecule has 3 rings (SSSR count). The molecule has 0 saturated heterocycles. The summed E-state index contributed by atoms with van der Waals surface area (Å²) >= 11 is 0. The number of ether oxygens (including phenoxy) is 1. The molecule has 8 nitrogen and oxygen atoms in total. The molecule has 2 aromatic carbocycles. The lowest BCUT2D eigenvalue weighted by molar-refractivity contribution is -0.140. The maximum atomic E-state index is 14.0. The molecule has 9 heteroatoms. The highest BCUT2D eigenvalue weighted by Gasteiger charge is 2.33. The molecular formula is C29H41N3O5S. The normalized spacial score (nSPS) is 14.8. The Bertz CT molecular complexity index is 1210. The quantitative estimate of drug-likeness (QED) is 0.427. The number of carbonyl (C=O) groups is 2. The Morgan fingerprint density at radius 3 is 2.37 bits per heavy atom. The molecule has 0 bridgehead atoms. The van der Waals surface area contributed by atoms with Crippen molar-refractivity contribution in [3.05, 3.63) is 59.7 Å². The SMILES string of the molecule is CC[C@@H](C(=O)NC1CCCC1)N(Cc1cccc(OC)c1)C(=O)CN(c1ccccc1C(C)C)S(C)(=O)=O. The zero-order chi connectivity index (χ0) is 27.9. The van der Waals surface area contributed by atoms with E-state index in [0.717, 1.165) is 47.4 Å². The van der Waals surface area contributed by atoms with Gasteiger partial charge in [-0.05, 0) is 54.5 Å². The minimum absolute atomic E-state index is 0.0546. The molecule has 0 heterocycles. The van der Waals surface area contributed by atoms with E-state index in [1.807, 2.05) is 57.2 Å². The lowest BCUT2D eigenvalue weighted by Gasteiger charge is -2.34. The molecule has 0 aliphatic heterocycles. The van der Waals surface area contributed by atoms with Crippen LogP contribution in [0.5, 0.6) is 5.75 Å². The van der Waals surface area contributed by atoms with Crippen LogP contribution in [0, 0.1) is 0 Å². The Hall–Kier alpha value is -3.07. The van der Waals surface area contributed by atoms with Gasteiger partial charge in [-0.1, -0.05) is 63.9 Å². The predicted molar refractivity (Wildman–Crippen MR) is 151 cm³/mol. The van der Waals surface area contributed by atoms with Crippen LogP contribution in [0.3, 0.4) is 0 Å². The van der Waals surface area contributed by atoms with E-state index in [0.29, 0.717) is 17.9 Å². The van der Waals surface area contributed by atoms with Crippen molar-refractivity contribution < 1.29 is 22.7 Å². The van der Waals surface area contributed by atoms with Crippen LogP contribution in [0.2, 0.25) is 0 Å². The van der Waals surface area contributed by atoms with Crippen molar-refractivity contribution in [3.63, 3.8) is 0 Å². The van der Waals surface area contributed by atoms with Crippen molar-refractivity contribution in [2.45, 2.75) is 77.4 Å². The van der Waals surface area contributed by atoms with Gasteiger partial charge in [-0.25, -0.2) is 8.42 Å². The minimum atomic E-state index is -3.79. The number of sulfonamides is 1. The average Bonchev–Trinajstić information content (AvgIpc) is 3.39. The fourth-order valence-corrected chi connectivity index (χ4v) is 5.92. The van der Waals surface area contributed by atoms with Crippen molar-refractivity contribution in [2.75, 3.05) is 24.2 Å². The smallest absolute Gasteiger partial charge is 0.244 e. The standard InChI is InChI=1S/C29H41N3O5S/c1-6-26(29(34)30-23-13-7-8-14-23)31(19-22-12-11-15-24(18-22)37-4)28(33)20-32(38(5,35)36)27-17-10-9-16-25(27)21(2)3/h9-12,15-18,21,23,26H,6-8,13-14,19-20H2,1-5H3,(H,30,34)/t26-/m0/s1. The van der Waals surface area contributed by atoms with Crippen molar-refractivity contribution in [3.8, 4) is 5.75 Å². The van der Waals surface area contributed by atoms with Crippen molar-refractivity contribution in [1.82, 2.24) is 10.2 Å². The third-order valence-electron chi connectivity index (χ3n) is 7.08. The number of amides is 2. The summed E-state index contributed by atoms with van der Waals surface area (Å²) in [4.78, 5) is 28.9. The van der Waals surface area contributed by atoms with Crippen LogP contribution in [0.15, 0.2) is 48.5 Å². The Kier molecular flexibility index (Phi) is 10.2. The van der Waals surface area contributed by atoms with Gasteiger partial charge in [0.15, 0.2) is 0 Å². The van der Waals surface area contributed by atoms with Crippen LogP contribution in [-0.2, 0) is 26.2 Å². The highest BCUT2D eigenvalue weighted by molar-refractivity contribution is 7.92. The van der Waals surface area contributed by atoms with Gasteiger partial charge in [-0.2, -0.15) is 0 Å². The average molecular weight is 544 g/mol. The molecule has 1 aliphatic rings. The summed E-state index contributed by atoms with van der Waals surface area (Å²) in [6.07, 6.45) is 5.52. The third-order valence-corrected chi connectivity index (χ3v) is 8.21. The molecule has 0 aromatic heterocycles. The fraction of sp³-hybridized carbons (Fsp3) is 0.517. The highest BCUT2D eigenvalue weighted by atomic mass is 32.2. The first-order valence-electron chi connectivity index (χ1n) is 13.3. The highest BCUT2D eigenvalue weighted by Crippen LogP contribution is 2.29. The van der Waals surface area contributed by atoms with E-state index >= 15 is 0 Å². The van der Waals surface area contributed by atoms with Gasteiger partial charge in [0.05, 0.1) is 19.1 Å². The van der Waals surface area contributed by atoms with E-state index in [1.165, 1.54) is 4.90 Å². The molecule has 208 valence electrons. The van der Waals surface area contributed by atoms with Crippen LogP contribution in [0.4, 0.5) is 5.69 Å². The third kappa shape index (κ3) is 7.49. The number of para-hydroxylation sites is 1. The first-order valence-corrected chi connectivity index (χ1v) is 15.2. The molecule has 1 aliphatic carbocycles. The number of anilines is 1. The molecule has 0 unspecified atom stereocenters. The first-order chi connectivity index (χ1) is 18.0. The van der Waals surface area contributed by atoms with Crippen molar-refractivity contribution >= 4 is 27.5 Å². The molecule has 2 aromatic rings. The molecule has 1 fully saturated rings. The van der Waals surface area contributed by atoms with Crippen molar-refractivity contribution in [1.29, 1.82) is 0 Å². The summed E-state index contributed by atoms with van der Waals surface area (Å²) in [6.45, 7) is 5.58. The number of hydrogen-bond donors (Lipinski definition) is 1. The zero-order valence-electron chi connectivity index (χ0n) is 23.1. The monoisotopic (exact) mass is 543 g/mol. The van der Waals surface area contributed by atoms with Gasteiger partial charge in [0.2, 0.25) is 21.8 Å². The number of benzene rings is 2. The second kappa shape index (κ2) is 13.1. The minimum Gasteiger partial charge on any atom is -0.497 e. The molecule has 38 heavy (non-hydrogen) atoms. The summed E-state index contributed by atoms with van der Waals surface area (Å²) in [7, 11) is -2.22. The number of rotatable bonds is 12. The Balaban J connectivity index is 1.98. The van der Waals surface area contributed by atoms with E-state index in [9.17, 15) is 18.0 Å². The lowest BCUT2D eigenvalue weighted by atomic mass is 10.0. The van der Waals surface area contributed by atoms with Gasteiger partial charge in [-0.3, -0.25) is 13.9 Å². The van der Waals surface area contributed by atoms with E-state index in [2.05, 4.69) is 5.32 Å². The number of hydrogen-bond acceptors (Lipinski definition) is 5. The second-order valence-electron chi connectivity index (χ2n) is 10.3. The summed E-state index contributed by atoms with van der Waals surface area (Å²) in [5.74, 6) is 0.0513. The number of nitrogens with one attached hydrogen (secondary N) is 1. The molecular weight excluding hydrogens is 502 g/mol. The summed E-state index contributed by atoms with van der Waals surface area (Å²) in [5, 5.41) is 3.12. The second-order valence-corrected chi connectivity index (χ2v) is 12.2. The molecule has 0 spiro atoms. The van der Waals surface area contributed by atoms with Crippen LogP contribution in [-0.4, -0.2) is 57.1 Å². The van der Waals surface area contributed by atoms with E-state index in [-0.39, 0.29) is 24.4 Å². The van der Waals surface area contributed by atoms with Crippen LogP contribution in [0.25, 0.3) is 0 Å². The Morgan fingerprint density at radius 1 is 1.08 bits per heavy atom. The molecule has 0 radical (unpaired) electrons. The van der Waals surface area contributed by atoms with Gasteiger partial charge >= 0.3 is 0 Å². The van der Waals surface area contributed by atoms with Gasteiger partial charge in [0, 0.05) is 12.6 Å². The summed E-state index contributed by atoms with van der Waals surface area (Å²) in [6, 6.07) is 13.9. The lowest BCUT2D eigenvalue weighted by Crippen LogP contribution is -2.53. The Labute approximate surface area is 227 Å². The van der Waals surface area contributed by atoms with E-state index in [4.69, 9.17) is 4.74 Å². The summed E-state index contributed by atoms with van der Waals surface area (Å²) in [5.41, 5.74) is 2.09.